The zero-order valence-corrected chi connectivity index (χ0v) is 18.1. The van der Waals surface area contributed by atoms with Crippen molar-refractivity contribution in [1.29, 1.82) is 0 Å². The van der Waals surface area contributed by atoms with E-state index in [0.29, 0.717) is 6.54 Å². The Morgan fingerprint density at radius 1 is 1.00 bits per heavy atom. The van der Waals surface area contributed by atoms with Crippen LogP contribution in [0.1, 0.15) is 31.9 Å². The van der Waals surface area contributed by atoms with Gasteiger partial charge in [-0.25, -0.2) is 0 Å². The van der Waals surface area contributed by atoms with Crippen molar-refractivity contribution in [2.24, 2.45) is 0 Å². The van der Waals surface area contributed by atoms with E-state index in [1.165, 1.54) is 5.69 Å². The molecule has 2 aromatic rings. The Bertz CT molecular complexity index is 821. The van der Waals surface area contributed by atoms with E-state index in [2.05, 4.69) is 67.2 Å². The van der Waals surface area contributed by atoms with Crippen LogP contribution < -0.4 is 15.0 Å². The van der Waals surface area contributed by atoms with Gasteiger partial charge in [0.2, 0.25) is 0 Å². The molecule has 0 bridgehead atoms. The third-order valence-electron chi connectivity index (χ3n) is 5.37. The molecule has 0 saturated carbocycles. The third kappa shape index (κ3) is 5.73. The largest absolute Gasteiger partial charge is 0.483 e. The lowest BCUT2D eigenvalue weighted by molar-refractivity contribution is -0.123. The van der Waals surface area contributed by atoms with Gasteiger partial charge >= 0.3 is 0 Å². The molecule has 2 aromatic carbocycles. The Kier molecular flexibility index (Phi) is 6.80. The lowest BCUT2D eigenvalue weighted by Crippen LogP contribution is -2.45. The summed E-state index contributed by atoms with van der Waals surface area (Å²) in [6.07, 6.45) is 0. The summed E-state index contributed by atoms with van der Waals surface area (Å²) < 4.78 is 5.84. The average molecular weight is 396 g/mol. The van der Waals surface area contributed by atoms with Gasteiger partial charge in [0.1, 0.15) is 5.75 Å². The topological polar surface area (TPSA) is 44.8 Å². The molecule has 0 spiro atoms. The lowest BCUT2D eigenvalue weighted by Gasteiger charge is -2.35. The first-order valence-corrected chi connectivity index (χ1v) is 10.3. The summed E-state index contributed by atoms with van der Waals surface area (Å²) in [5.74, 6) is 0.662. The van der Waals surface area contributed by atoms with Gasteiger partial charge in [0.05, 0.1) is 0 Å². The van der Waals surface area contributed by atoms with Gasteiger partial charge in [-0.15, -0.1) is 0 Å². The number of rotatable bonds is 6. The number of benzene rings is 2. The Morgan fingerprint density at radius 2 is 1.66 bits per heavy atom. The fourth-order valence-corrected chi connectivity index (χ4v) is 3.62. The molecule has 1 N–H and O–H groups in total. The molecular weight excluding hydrogens is 362 g/mol. The quantitative estimate of drug-likeness (QED) is 0.814. The first-order chi connectivity index (χ1) is 13.8. The molecule has 1 fully saturated rings. The molecular formula is C24H33N3O2. The molecule has 1 aliphatic heterocycles. The van der Waals surface area contributed by atoms with Gasteiger partial charge in [-0.3, -0.25) is 4.79 Å². The second kappa shape index (κ2) is 9.31. The van der Waals surface area contributed by atoms with Gasteiger partial charge in [-0.2, -0.15) is 0 Å². The highest BCUT2D eigenvalue weighted by Gasteiger charge is 2.19. The average Bonchev–Trinajstić information content (AvgIpc) is 2.71. The summed E-state index contributed by atoms with van der Waals surface area (Å²) >= 11 is 0. The van der Waals surface area contributed by atoms with Crippen LogP contribution in [0.4, 0.5) is 5.69 Å². The SMILES string of the molecule is CN1CCN(c2ccccc2CNC(=O)COc2ccccc2C(C)(C)C)CC1. The number of hydrogen-bond acceptors (Lipinski definition) is 4. The summed E-state index contributed by atoms with van der Waals surface area (Å²) in [6, 6.07) is 16.2. The van der Waals surface area contributed by atoms with Crippen LogP contribution >= 0.6 is 0 Å². The molecule has 156 valence electrons. The van der Waals surface area contributed by atoms with E-state index in [4.69, 9.17) is 4.74 Å². The Morgan fingerprint density at radius 3 is 2.38 bits per heavy atom. The molecule has 0 aromatic heterocycles. The van der Waals surface area contributed by atoms with Crippen LogP contribution in [0, 0.1) is 0 Å². The normalized spacial score (nSPS) is 15.2. The third-order valence-corrected chi connectivity index (χ3v) is 5.37. The standard InChI is InChI=1S/C24H33N3O2/c1-24(2,3)20-10-6-8-12-22(20)29-18-23(28)25-17-19-9-5-7-11-21(19)27-15-13-26(4)14-16-27/h5-12H,13-18H2,1-4H3,(H,25,28). The number of anilines is 1. The summed E-state index contributed by atoms with van der Waals surface area (Å²) in [7, 11) is 2.15. The maximum Gasteiger partial charge on any atom is 0.258 e. The number of piperazine rings is 1. The predicted octanol–water partition coefficient (Wildman–Crippen LogP) is 3.43. The smallest absolute Gasteiger partial charge is 0.258 e. The minimum Gasteiger partial charge on any atom is -0.483 e. The van der Waals surface area contributed by atoms with Gasteiger partial charge in [-0.05, 0) is 35.7 Å². The number of carbonyl (C=O) groups excluding carboxylic acids is 1. The number of nitrogens with zero attached hydrogens (tertiary/aromatic N) is 2. The van der Waals surface area contributed by atoms with Crippen LogP contribution in [0.2, 0.25) is 0 Å². The molecule has 29 heavy (non-hydrogen) atoms. The molecule has 0 unspecified atom stereocenters. The first-order valence-electron chi connectivity index (χ1n) is 10.3. The monoisotopic (exact) mass is 395 g/mol. The highest BCUT2D eigenvalue weighted by molar-refractivity contribution is 5.77. The number of amides is 1. The highest BCUT2D eigenvalue weighted by Crippen LogP contribution is 2.30. The van der Waals surface area contributed by atoms with Gasteiger partial charge in [-0.1, -0.05) is 57.2 Å². The number of carbonyl (C=O) groups is 1. The van der Waals surface area contributed by atoms with Crippen molar-refractivity contribution in [3.8, 4) is 5.75 Å². The van der Waals surface area contributed by atoms with E-state index in [-0.39, 0.29) is 17.9 Å². The van der Waals surface area contributed by atoms with Crippen LogP contribution in [0.15, 0.2) is 48.5 Å². The summed E-state index contributed by atoms with van der Waals surface area (Å²) in [6.45, 7) is 11.1. The number of ether oxygens (including phenoxy) is 1. The van der Waals surface area contributed by atoms with E-state index in [1.807, 2.05) is 24.3 Å². The van der Waals surface area contributed by atoms with E-state index >= 15 is 0 Å². The highest BCUT2D eigenvalue weighted by atomic mass is 16.5. The fraction of sp³-hybridized carbons (Fsp3) is 0.458. The van der Waals surface area contributed by atoms with Crippen molar-refractivity contribution in [2.75, 3.05) is 44.7 Å². The first kappa shape index (κ1) is 21.2. The molecule has 3 rings (SSSR count). The number of para-hydroxylation sites is 2. The maximum absolute atomic E-state index is 12.4. The Hall–Kier alpha value is -2.53. The molecule has 0 aliphatic carbocycles. The van der Waals surface area contributed by atoms with Crippen molar-refractivity contribution >= 4 is 11.6 Å². The van der Waals surface area contributed by atoms with Crippen LogP contribution in [-0.4, -0.2) is 50.6 Å². The zero-order chi connectivity index (χ0) is 20.9. The predicted molar refractivity (Wildman–Crippen MR) is 119 cm³/mol. The molecule has 1 heterocycles. The maximum atomic E-state index is 12.4. The zero-order valence-electron chi connectivity index (χ0n) is 18.1. The molecule has 5 heteroatoms. The van der Waals surface area contributed by atoms with Gasteiger partial charge < -0.3 is 19.9 Å². The van der Waals surface area contributed by atoms with Gasteiger partial charge in [0.25, 0.3) is 5.91 Å². The second-order valence-electron chi connectivity index (χ2n) is 8.73. The van der Waals surface area contributed by atoms with E-state index < -0.39 is 0 Å². The Labute approximate surface area is 174 Å². The van der Waals surface area contributed by atoms with Crippen molar-refractivity contribution in [1.82, 2.24) is 10.2 Å². The minimum absolute atomic E-state index is 0.0176. The number of nitrogens with one attached hydrogen (secondary N) is 1. The van der Waals surface area contributed by atoms with E-state index in [0.717, 1.165) is 43.1 Å². The van der Waals surface area contributed by atoms with Gasteiger partial charge in [0.15, 0.2) is 6.61 Å². The molecule has 1 amide bonds. The van der Waals surface area contributed by atoms with E-state index in [9.17, 15) is 4.79 Å². The Balaban J connectivity index is 1.57. The van der Waals surface area contributed by atoms with Gasteiger partial charge in [0, 0.05) is 38.4 Å². The molecule has 1 aliphatic rings. The molecule has 0 atom stereocenters. The molecule has 1 saturated heterocycles. The summed E-state index contributed by atoms with van der Waals surface area (Å²) in [4.78, 5) is 17.2. The summed E-state index contributed by atoms with van der Waals surface area (Å²) in [5, 5.41) is 3.01. The fourth-order valence-electron chi connectivity index (χ4n) is 3.62. The second-order valence-corrected chi connectivity index (χ2v) is 8.73. The molecule has 5 nitrogen and oxygen atoms in total. The minimum atomic E-state index is -0.109. The van der Waals surface area contributed by atoms with Crippen LogP contribution in [0.3, 0.4) is 0 Å². The van der Waals surface area contributed by atoms with Crippen LogP contribution in [0.25, 0.3) is 0 Å². The van der Waals surface area contributed by atoms with Crippen LogP contribution in [0.5, 0.6) is 5.75 Å². The van der Waals surface area contributed by atoms with Crippen molar-refractivity contribution in [3.63, 3.8) is 0 Å². The lowest BCUT2D eigenvalue weighted by atomic mass is 9.86. The number of likely N-dealkylation sites (N-methyl/N-ethyl adjacent to an activating group) is 1. The van der Waals surface area contributed by atoms with Crippen molar-refractivity contribution in [2.45, 2.75) is 32.7 Å². The van der Waals surface area contributed by atoms with E-state index in [1.54, 1.807) is 0 Å². The molecule has 0 radical (unpaired) electrons. The van der Waals surface area contributed by atoms with Crippen LogP contribution in [-0.2, 0) is 16.8 Å². The van der Waals surface area contributed by atoms with Crippen molar-refractivity contribution < 1.29 is 9.53 Å². The number of hydrogen-bond donors (Lipinski definition) is 1. The summed E-state index contributed by atoms with van der Waals surface area (Å²) in [5.41, 5.74) is 3.42. The van der Waals surface area contributed by atoms with Crippen molar-refractivity contribution in [3.05, 3.63) is 59.7 Å².